The van der Waals surface area contributed by atoms with Crippen molar-refractivity contribution in [3.63, 3.8) is 0 Å². The predicted octanol–water partition coefficient (Wildman–Crippen LogP) is 0.667. The molecule has 0 saturated carbocycles. The second-order valence-corrected chi connectivity index (χ2v) is 4.78. The Morgan fingerprint density at radius 1 is 1.44 bits per heavy atom. The molecule has 0 radical (unpaired) electrons. The first-order chi connectivity index (χ1) is 7.63. The summed E-state index contributed by atoms with van der Waals surface area (Å²) in [7, 11) is -0.901. The van der Waals surface area contributed by atoms with Gasteiger partial charge in [-0.05, 0) is 24.3 Å². The van der Waals surface area contributed by atoms with Crippen LogP contribution in [0.2, 0.25) is 0 Å². The molecule has 0 bridgehead atoms. The average molecular weight is 236 g/mol. The van der Waals surface area contributed by atoms with Gasteiger partial charge in [0.05, 0.1) is 11.6 Å². The fourth-order valence-electron chi connectivity index (χ4n) is 1.11. The van der Waals surface area contributed by atoms with Crippen LogP contribution < -0.4 is 5.32 Å². The van der Waals surface area contributed by atoms with Crippen molar-refractivity contribution < 1.29 is 9.00 Å². The molecule has 16 heavy (non-hydrogen) atoms. The molecule has 1 amide bonds. The van der Waals surface area contributed by atoms with Crippen LogP contribution >= 0.6 is 0 Å². The van der Waals surface area contributed by atoms with Gasteiger partial charge in [-0.25, -0.2) is 0 Å². The Balaban J connectivity index is 2.53. The number of rotatable bonds is 4. The van der Waals surface area contributed by atoms with Crippen LogP contribution in [0.3, 0.4) is 0 Å². The maximum atomic E-state index is 11.5. The normalized spacial score (nSPS) is 11.5. The zero-order valence-corrected chi connectivity index (χ0v) is 9.71. The summed E-state index contributed by atoms with van der Waals surface area (Å²) in [6, 6.07) is 8.35. The minimum Gasteiger partial charge on any atom is -0.351 e. The lowest BCUT2D eigenvalue weighted by atomic mass is 10.1. The van der Waals surface area contributed by atoms with Crippen LogP contribution in [0.15, 0.2) is 24.3 Å². The van der Waals surface area contributed by atoms with Gasteiger partial charge in [-0.1, -0.05) is 0 Å². The van der Waals surface area contributed by atoms with E-state index in [1.54, 1.807) is 30.5 Å². The largest absolute Gasteiger partial charge is 0.351 e. The summed E-state index contributed by atoms with van der Waals surface area (Å²) in [4.78, 5) is 11.5. The number of nitriles is 1. The Labute approximate surface area is 96.7 Å². The molecule has 5 heteroatoms. The zero-order valence-electron chi connectivity index (χ0n) is 8.90. The molecule has 1 N–H and O–H groups in total. The number of hydrogen-bond donors (Lipinski definition) is 1. The Morgan fingerprint density at radius 2 is 2.06 bits per heavy atom. The summed E-state index contributed by atoms with van der Waals surface area (Å²) in [6.07, 6.45) is 1.59. The highest BCUT2D eigenvalue weighted by Crippen LogP contribution is 2.02. The van der Waals surface area contributed by atoms with Crippen LogP contribution in [0.5, 0.6) is 0 Å². The third-order valence-corrected chi connectivity index (χ3v) is 2.73. The van der Waals surface area contributed by atoms with Crippen molar-refractivity contribution in [3.05, 3.63) is 35.4 Å². The lowest BCUT2D eigenvalue weighted by Gasteiger charge is -2.03. The maximum Gasteiger partial charge on any atom is 0.251 e. The first-order valence-electron chi connectivity index (χ1n) is 4.72. The number of hydrogen-bond acceptors (Lipinski definition) is 3. The second-order valence-electron chi connectivity index (χ2n) is 3.22. The molecule has 1 rings (SSSR count). The topological polar surface area (TPSA) is 70.0 Å². The molecule has 0 aliphatic heterocycles. The lowest BCUT2D eigenvalue weighted by Crippen LogP contribution is -2.27. The lowest BCUT2D eigenvalue weighted by molar-refractivity contribution is 0.0956. The van der Waals surface area contributed by atoms with Crippen molar-refractivity contribution in [1.29, 1.82) is 5.26 Å². The third-order valence-electron chi connectivity index (χ3n) is 1.95. The van der Waals surface area contributed by atoms with E-state index in [0.717, 1.165) is 0 Å². The van der Waals surface area contributed by atoms with Crippen molar-refractivity contribution in [2.45, 2.75) is 0 Å². The van der Waals surface area contributed by atoms with Crippen molar-refractivity contribution in [2.75, 3.05) is 18.6 Å². The van der Waals surface area contributed by atoms with Gasteiger partial charge in [-0.2, -0.15) is 5.26 Å². The van der Waals surface area contributed by atoms with E-state index in [-0.39, 0.29) is 5.91 Å². The predicted molar refractivity (Wildman–Crippen MR) is 62.4 cm³/mol. The molecule has 84 valence electrons. The van der Waals surface area contributed by atoms with Crippen molar-refractivity contribution >= 4 is 16.7 Å². The summed E-state index contributed by atoms with van der Waals surface area (Å²) < 4.78 is 10.8. The minimum absolute atomic E-state index is 0.213. The molecule has 0 heterocycles. The van der Waals surface area contributed by atoms with Gasteiger partial charge in [0, 0.05) is 34.9 Å². The van der Waals surface area contributed by atoms with Gasteiger partial charge in [0.2, 0.25) is 0 Å². The summed E-state index contributed by atoms with van der Waals surface area (Å²) in [5.41, 5.74) is 1.02. The smallest absolute Gasteiger partial charge is 0.251 e. The van der Waals surface area contributed by atoms with Crippen LogP contribution in [0, 0.1) is 11.3 Å². The van der Waals surface area contributed by atoms with Gasteiger partial charge in [0.25, 0.3) is 5.91 Å². The fraction of sp³-hybridized carbons (Fsp3) is 0.273. The number of benzene rings is 1. The van der Waals surface area contributed by atoms with Crippen LogP contribution in [0.4, 0.5) is 0 Å². The molecule has 0 saturated heterocycles. The van der Waals surface area contributed by atoms with Crippen LogP contribution in [0.1, 0.15) is 15.9 Å². The standard InChI is InChI=1S/C11H12N2O2S/c1-16(15)7-6-13-11(14)10-4-2-9(8-12)3-5-10/h2-5H,6-7H2,1H3,(H,13,14). The summed E-state index contributed by atoms with van der Waals surface area (Å²) in [5, 5.41) is 11.2. The highest BCUT2D eigenvalue weighted by molar-refractivity contribution is 7.84. The SMILES string of the molecule is CS(=O)CCNC(=O)c1ccc(C#N)cc1. The van der Waals surface area contributed by atoms with E-state index in [1.165, 1.54) is 0 Å². The molecular formula is C11H12N2O2S. The Bertz CT molecular complexity index is 434. The number of nitrogens with zero attached hydrogens (tertiary/aromatic N) is 1. The highest BCUT2D eigenvalue weighted by atomic mass is 32.2. The van der Waals surface area contributed by atoms with E-state index < -0.39 is 10.8 Å². The van der Waals surface area contributed by atoms with Gasteiger partial charge < -0.3 is 5.32 Å². The quantitative estimate of drug-likeness (QED) is 0.835. The van der Waals surface area contributed by atoms with Gasteiger partial charge in [-0.15, -0.1) is 0 Å². The zero-order chi connectivity index (χ0) is 12.0. The van der Waals surface area contributed by atoms with Crippen LogP contribution in [0.25, 0.3) is 0 Å². The van der Waals surface area contributed by atoms with E-state index >= 15 is 0 Å². The summed E-state index contributed by atoms with van der Waals surface area (Å²) in [6.45, 7) is 0.391. The molecule has 4 nitrogen and oxygen atoms in total. The van der Waals surface area contributed by atoms with Gasteiger partial charge >= 0.3 is 0 Å². The highest BCUT2D eigenvalue weighted by Gasteiger charge is 2.04. The molecule has 0 aliphatic carbocycles. The van der Waals surface area contributed by atoms with Crippen molar-refractivity contribution in [1.82, 2.24) is 5.32 Å². The minimum atomic E-state index is -0.901. The Kier molecular flexibility index (Phi) is 4.67. The molecule has 0 aliphatic rings. The van der Waals surface area contributed by atoms with Gasteiger partial charge in [0.15, 0.2) is 0 Å². The molecule has 0 fully saturated rings. The number of carbonyl (C=O) groups excluding carboxylic acids is 1. The maximum absolute atomic E-state index is 11.5. The average Bonchev–Trinajstić information content (AvgIpc) is 2.28. The number of amides is 1. The van der Waals surface area contributed by atoms with Crippen LogP contribution in [-0.2, 0) is 10.8 Å². The van der Waals surface area contributed by atoms with E-state index in [1.807, 2.05) is 6.07 Å². The molecular weight excluding hydrogens is 224 g/mol. The van der Waals surface area contributed by atoms with Crippen molar-refractivity contribution in [2.24, 2.45) is 0 Å². The fourth-order valence-corrected chi connectivity index (χ4v) is 1.50. The first kappa shape index (κ1) is 12.4. The third kappa shape index (κ3) is 3.83. The molecule has 1 aromatic carbocycles. The summed E-state index contributed by atoms with van der Waals surface area (Å²) >= 11 is 0. The first-order valence-corrected chi connectivity index (χ1v) is 6.44. The molecule has 0 spiro atoms. The number of carbonyl (C=O) groups is 1. The van der Waals surface area contributed by atoms with E-state index in [2.05, 4.69) is 5.32 Å². The second kappa shape index (κ2) is 6.03. The Hall–Kier alpha value is -1.67. The van der Waals surface area contributed by atoms with E-state index in [9.17, 15) is 9.00 Å². The Morgan fingerprint density at radius 3 is 2.56 bits per heavy atom. The van der Waals surface area contributed by atoms with Crippen molar-refractivity contribution in [3.8, 4) is 6.07 Å². The van der Waals surface area contributed by atoms with Gasteiger partial charge in [0.1, 0.15) is 0 Å². The monoisotopic (exact) mass is 236 g/mol. The molecule has 0 aromatic heterocycles. The molecule has 1 atom stereocenters. The molecule has 1 aromatic rings. The summed E-state index contributed by atoms with van der Waals surface area (Å²) in [5.74, 6) is 0.233. The molecule has 1 unspecified atom stereocenters. The van der Waals surface area contributed by atoms with E-state index in [0.29, 0.717) is 23.4 Å². The number of nitrogens with one attached hydrogen (secondary N) is 1. The van der Waals surface area contributed by atoms with Crippen LogP contribution in [-0.4, -0.2) is 28.7 Å². The van der Waals surface area contributed by atoms with E-state index in [4.69, 9.17) is 5.26 Å². The van der Waals surface area contributed by atoms with Gasteiger partial charge in [-0.3, -0.25) is 9.00 Å².